The molecule has 0 spiro atoms. The van der Waals surface area contributed by atoms with Gasteiger partial charge in [0.05, 0.1) is 23.4 Å². The van der Waals surface area contributed by atoms with Gasteiger partial charge in [-0.2, -0.15) is 4.99 Å². The Kier molecular flexibility index (Phi) is 4.96. The second-order valence-corrected chi connectivity index (χ2v) is 6.14. The summed E-state index contributed by atoms with van der Waals surface area (Å²) in [5.74, 6) is 2.36. The van der Waals surface area contributed by atoms with Crippen molar-refractivity contribution in [3.8, 4) is 18.1 Å². The predicted molar refractivity (Wildman–Crippen MR) is 96.1 cm³/mol. The van der Waals surface area contributed by atoms with Crippen molar-refractivity contribution >= 4 is 27.5 Å². The average molecular weight is 354 g/mol. The molecule has 0 radical (unpaired) electrons. The molecule has 0 atom stereocenters. The SMILES string of the molecule is C#CCn1c(=NC(=O)c2ccc(OCC)cc2)sc2cccc(F)c21. The first-order valence-corrected chi connectivity index (χ1v) is 8.49. The number of amides is 1. The van der Waals surface area contributed by atoms with Gasteiger partial charge in [-0.3, -0.25) is 4.79 Å². The fourth-order valence-electron chi connectivity index (χ4n) is 2.42. The number of nitrogens with zero attached hydrogens (tertiary/aromatic N) is 2. The van der Waals surface area contributed by atoms with Gasteiger partial charge in [-0.15, -0.1) is 6.42 Å². The highest BCUT2D eigenvalue weighted by molar-refractivity contribution is 7.16. The van der Waals surface area contributed by atoms with Gasteiger partial charge in [-0.05, 0) is 43.3 Å². The number of ether oxygens (including phenoxy) is 1. The van der Waals surface area contributed by atoms with Crippen LogP contribution < -0.4 is 9.54 Å². The van der Waals surface area contributed by atoms with Crippen LogP contribution in [0, 0.1) is 18.2 Å². The van der Waals surface area contributed by atoms with Crippen molar-refractivity contribution in [2.75, 3.05) is 6.61 Å². The van der Waals surface area contributed by atoms with E-state index in [-0.39, 0.29) is 12.4 Å². The van der Waals surface area contributed by atoms with Crippen molar-refractivity contribution in [3.63, 3.8) is 0 Å². The molecule has 3 rings (SSSR count). The lowest BCUT2D eigenvalue weighted by Crippen LogP contribution is -2.17. The lowest BCUT2D eigenvalue weighted by Gasteiger charge is -2.03. The van der Waals surface area contributed by atoms with Crippen LogP contribution >= 0.6 is 11.3 Å². The second kappa shape index (κ2) is 7.32. The number of rotatable bonds is 4. The number of aromatic nitrogens is 1. The number of carbonyl (C=O) groups is 1. The van der Waals surface area contributed by atoms with Crippen molar-refractivity contribution in [2.45, 2.75) is 13.5 Å². The van der Waals surface area contributed by atoms with Gasteiger partial charge in [0.1, 0.15) is 11.6 Å². The number of benzene rings is 2. The van der Waals surface area contributed by atoms with Gasteiger partial charge >= 0.3 is 0 Å². The summed E-state index contributed by atoms with van der Waals surface area (Å²) in [5, 5.41) is 0. The Morgan fingerprint density at radius 3 is 2.76 bits per heavy atom. The Labute approximate surface area is 148 Å². The van der Waals surface area contributed by atoms with Gasteiger partial charge in [0.15, 0.2) is 4.80 Å². The predicted octanol–water partition coefficient (Wildman–Crippen LogP) is 3.61. The third-order valence-corrected chi connectivity index (χ3v) is 4.55. The number of hydrogen-bond donors (Lipinski definition) is 0. The number of carbonyl (C=O) groups excluding carboxylic acids is 1. The molecule has 1 amide bonds. The van der Waals surface area contributed by atoms with Crippen LogP contribution in [0.3, 0.4) is 0 Å². The van der Waals surface area contributed by atoms with E-state index in [0.29, 0.717) is 32.9 Å². The number of terminal acetylenes is 1. The van der Waals surface area contributed by atoms with Gasteiger partial charge in [0, 0.05) is 5.56 Å². The summed E-state index contributed by atoms with van der Waals surface area (Å²) in [7, 11) is 0. The largest absolute Gasteiger partial charge is 0.494 e. The molecular weight excluding hydrogens is 339 g/mol. The summed E-state index contributed by atoms with van der Waals surface area (Å²) in [6.07, 6.45) is 5.39. The van der Waals surface area contributed by atoms with Crippen LogP contribution in [0.5, 0.6) is 5.75 Å². The molecule has 4 nitrogen and oxygen atoms in total. The standard InChI is InChI=1S/C19H15FN2O2S/c1-3-12-22-17-15(20)6-5-7-16(17)25-19(22)21-18(23)13-8-10-14(11-9-13)24-4-2/h1,5-11H,4,12H2,2H3. The van der Waals surface area contributed by atoms with Crippen LogP contribution in [0.15, 0.2) is 47.5 Å². The van der Waals surface area contributed by atoms with E-state index < -0.39 is 5.91 Å². The van der Waals surface area contributed by atoms with Crippen LogP contribution in [0.4, 0.5) is 4.39 Å². The molecule has 2 aromatic carbocycles. The molecule has 126 valence electrons. The summed E-state index contributed by atoms with van der Waals surface area (Å²) in [6, 6.07) is 11.5. The molecule has 0 aliphatic heterocycles. The topological polar surface area (TPSA) is 43.6 Å². The van der Waals surface area contributed by atoms with Gasteiger partial charge in [-0.1, -0.05) is 23.3 Å². The molecule has 25 heavy (non-hydrogen) atoms. The lowest BCUT2D eigenvalue weighted by molar-refractivity contribution is 0.0998. The summed E-state index contributed by atoms with van der Waals surface area (Å²) in [5.41, 5.74) is 0.789. The molecule has 0 saturated carbocycles. The normalized spacial score (nSPS) is 11.5. The molecule has 6 heteroatoms. The average Bonchev–Trinajstić information content (AvgIpc) is 2.95. The summed E-state index contributed by atoms with van der Waals surface area (Å²) >= 11 is 1.23. The summed E-state index contributed by atoms with van der Waals surface area (Å²) in [6.45, 7) is 2.58. The van der Waals surface area contributed by atoms with Crippen molar-refractivity contribution in [1.29, 1.82) is 0 Å². The zero-order valence-electron chi connectivity index (χ0n) is 13.5. The number of para-hydroxylation sites is 1. The van der Waals surface area contributed by atoms with E-state index in [1.165, 1.54) is 17.4 Å². The van der Waals surface area contributed by atoms with E-state index >= 15 is 0 Å². The maximum atomic E-state index is 14.1. The first-order valence-electron chi connectivity index (χ1n) is 7.67. The van der Waals surface area contributed by atoms with E-state index in [2.05, 4.69) is 10.9 Å². The Hall–Kier alpha value is -2.91. The number of fused-ring (bicyclic) bond motifs is 1. The van der Waals surface area contributed by atoms with Crippen molar-refractivity contribution in [2.24, 2.45) is 4.99 Å². The van der Waals surface area contributed by atoms with E-state index in [9.17, 15) is 9.18 Å². The molecule has 0 N–H and O–H groups in total. The number of hydrogen-bond acceptors (Lipinski definition) is 3. The highest BCUT2D eigenvalue weighted by Crippen LogP contribution is 2.20. The zero-order valence-corrected chi connectivity index (χ0v) is 14.3. The van der Waals surface area contributed by atoms with Crippen molar-refractivity contribution < 1.29 is 13.9 Å². The van der Waals surface area contributed by atoms with E-state index in [1.807, 2.05) is 6.92 Å². The minimum Gasteiger partial charge on any atom is -0.494 e. The van der Waals surface area contributed by atoms with Crippen LogP contribution in [0.25, 0.3) is 10.2 Å². The minimum absolute atomic E-state index is 0.135. The number of halogens is 1. The van der Waals surface area contributed by atoms with E-state index in [4.69, 9.17) is 11.2 Å². The molecule has 1 heterocycles. The molecule has 0 bridgehead atoms. The minimum atomic E-state index is -0.416. The molecular formula is C19H15FN2O2S. The Bertz CT molecular complexity index is 1030. The van der Waals surface area contributed by atoms with Crippen LogP contribution in [0.1, 0.15) is 17.3 Å². The van der Waals surface area contributed by atoms with Crippen molar-refractivity contribution in [3.05, 3.63) is 58.6 Å². The fourth-order valence-corrected chi connectivity index (χ4v) is 3.46. The van der Waals surface area contributed by atoms with E-state index in [1.54, 1.807) is 41.0 Å². The quantitative estimate of drug-likeness (QED) is 0.672. The highest BCUT2D eigenvalue weighted by Gasteiger charge is 2.12. The molecule has 1 aromatic heterocycles. The van der Waals surface area contributed by atoms with Crippen LogP contribution in [-0.4, -0.2) is 17.1 Å². The molecule has 0 saturated heterocycles. The van der Waals surface area contributed by atoms with Gasteiger partial charge < -0.3 is 9.30 Å². The first kappa shape index (κ1) is 16.9. The Morgan fingerprint density at radius 1 is 1.32 bits per heavy atom. The molecule has 0 aliphatic rings. The Balaban J connectivity index is 2.05. The molecule has 0 fully saturated rings. The van der Waals surface area contributed by atoms with Crippen LogP contribution in [-0.2, 0) is 6.54 Å². The molecule has 0 aliphatic carbocycles. The maximum Gasteiger partial charge on any atom is 0.279 e. The highest BCUT2D eigenvalue weighted by atomic mass is 32.1. The number of thiazole rings is 1. The zero-order chi connectivity index (χ0) is 17.8. The fraction of sp³-hybridized carbons (Fsp3) is 0.158. The van der Waals surface area contributed by atoms with E-state index in [0.717, 1.165) is 0 Å². The summed E-state index contributed by atoms with van der Waals surface area (Å²) in [4.78, 5) is 17.0. The smallest absolute Gasteiger partial charge is 0.279 e. The lowest BCUT2D eigenvalue weighted by atomic mass is 10.2. The molecule has 3 aromatic rings. The van der Waals surface area contributed by atoms with Crippen molar-refractivity contribution in [1.82, 2.24) is 4.57 Å². The monoisotopic (exact) mass is 354 g/mol. The third kappa shape index (κ3) is 3.47. The first-order chi connectivity index (χ1) is 12.1. The third-order valence-electron chi connectivity index (χ3n) is 3.51. The van der Waals surface area contributed by atoms with Gasteiger partial charge in [0.2, 0.25) is 0 Å². The second-order valence-electron chi connectivity index (χ2n) is 5.14. The van der Waals surface area contributed by atoms with Gasteiger partial charge in [0.25, 0.3) is 5.91 Å². The van der Waals surface area contributed by atoms with Crippen LogP contribution in [0.2, 0.25) is 0 Å². The summed E-state index contributed by atoms with van der Waals surface area (Å²) < 4.78 is 21.7. The Morgan fingerprint density at radius 2 is 2.08 bits per heavy atom. The maximum absolute atomic E-state index is 14.1. The van der Waals surface area contributed by atoms with Gasteiger partial charge in [-0.25, -0.2) is 4.39 Å². The molecule has 0 unspecified atom stereocenters.